The first-order valence-electron chi connectivity index (χ1n) is 8.81. The third-order valence-corrected chi connectivity index (χ3v) is 5.68. The van der Waals surface area contributed by atoms with Gasteiger partial charge in [-0.05, 0) is 48.9 Å². The fourth-order valence-corrected chi connectivity index (χ4v) is 4.18. The van der Waals surface area contributed by atoms with E-state index in [0.29, 0.717) is 11.6 Å². The van der Waals surface area contributed by atoms with Gasteiger partial charge in [-0.15, -0.1) is 11.3 Å². The minimum Gasteiger partial charge on any atom is -0.372 e. The van der Waals surface area contributed by atoms with Crippen molar-refractivity contribution in [3.05, 3.63) is 52.8 Å². The van der Waals surface area contributed by atoms with Crippen LogP contribution in [-0.2, 0) is 0 Å². The topological polar surface area (TPSA) is 61.3 Å². The van der Waals surface area contributed by atoms with E-state index in [1.165, 1.54) is 23.5 Å². The van der Waals surface area contributed by atoms with Crippen molar-refractivity contribution in [2.75, 3.05) is 18.4 Å². The molecule has 0 saturated carbocycles. The number of halogens is 1. The lowest BCUT2D eigenvalue weighted by molar-refractivity contribution is 0.0170. The number of nitrogens with one attached hydrogen (secondary N) is 1. The van der Waals surface area contributed by atoms with Crippen LogP contribution in [0.15, 0.2) is 35.7 Å². The Morgan fingerprint density at radius 1 is 1.23 bits per heavy atom. The van der Waals surface area contributed by atoms with Crippen LogP contribution >= 0.6 is 11.3 Å². The lowest BCUT2D eigenvalue weighted by Crippen LogP contribution is -2.26. The van der Waals surface area contributed by atoms with Crippen LogP contribution in [0.1, 0.15) is 43.3 Å². The van der Waals surface area contributed by atoms with E-state index < -0.39 is 6.23 Å². The van der Waals surface area contributed by atoms with Gasteiger partial charge in [0.1, 0.15) is 11.5 Å². The van der Waals surface area contributed by atoms with Gasteiger partial charge in [-0.2, -0.15) is 0 Å². The summed E-state index contributed by atoms with van der Waals surface area (Å²) in [7, 11) is 0. The predicted molar refractivity (Wildman–Crippen MR) is 102 cm³/mol. The molecule has 26 heavy (non-hydrogen) atoms. The van der Waals surface area contributed by atoms with Gasteiger partial charge in [-0.25, -0.2) is 14.4 Å². The van der Waals surface area contributed by atoms with Crippen LogP contribution < -0.4 is 5.32 Å². The van der Waals surface area contributed by atoms with E-state index in [4.69, 9.17) is 0 Å². The van der Waals surface area contributed by atoms with Crippen molar-refractivity contribution in [2.45, 2.75) is 32.0 Å². The molecule has 2 N–H and O–H groups in total. The van der Waals surface area contributed by atoms with Crippen LogP contribution in [0.3, 0.4) is 0 Å². The molecular formula is C19H21FN4OS. The Bertz CT molecular complexity index is 909. The normalized spacial score (nSPS) is 17.5. The highest BCUT2D eigenvalue weighted by Gasteiger charge is 2.25. The number of benzene rings is 1. The minimum atomic E-state index is -0.730. The highest BCUT2D eigenvalue weighted by atomic mass is 32.1. The highest BCUT2D eigenvalue weighted by molar-refractivity contribution is 7.17. The highest BCUT2D eigenvalue weighted by Crippen LogP contribution is 2.31. The Labute approximate surface area is 155 Å². The molecule has 1 aliphatic rings. The van der Waals surface area contributed by atoms with Crippen LogP contribution in [0, 0.1) is 5.82 Å². The fraction of sp³-hybridized carbons (Fsp3) is 0.368. The van der Waals surface area contributed by atoms with Crippen molar-refractivity contribution in [1.29, 1.82) is 0 Å². The molecule has 2 unspecified atom stereocenters. The van der Waals surface area contributed by atoms with Crippen molar-refractivity contribution in [3.8, 4) is 0 Å². The van der Waals surface area contributed by atoms with Gasteiger partial charge < -0.3 is 10.4 Å². The average Bonchev–Trinajstić information content (AvgIpc) is 3.32. The molecule has 1 aliphatic heterocycles. The molecule has 4 rings (SSSR count). The van der Waals surface area contributed by atoms with Gasteiger partial charge in [-0.1, -0.05) is 12.1 Å². The quantitative estimate of drug-likeness (QED) is 0.706. The standard InChI is InChI=1S/C19H21FN4OS/c1-12(13-5-4-6-14(20)11-13)21-19-22-15-7-10-26-17(15)16(23-19)18(25)24-8-2-3-9-24/h4-7,10-12,18,25H,2-3,8-9H2,1H3,(H,21,22,23). The number of aromatic nitrogens is 2. The van der Waals surface area contributed by atoms with Gasteiger partial charge in [-0.3, -0.25) is 4.90 Å². The third kappa shape index (κ3) is 3.42. The smallest absolute Gasteiger partial charge is 0.224 e. The summed E-state index contributed by atoms with van der Waals surface area (Å²) in [5, 5.41) is 16.0. The molecule has 0 aliphatic carbocycles. The van der Waals surface area contributed by atoms with Crippen LogP contribution in [0.25, 0.3) is 10.2 Å². The van der Waals surface area contributed by atoms with Crippen molar-refractivity contribution in [3.63, 3.8) is 0 Å². The van der Waals surface area contributed by atoms with E-state index in [0.717, 1.165) is 41.7 Å². The second-order valence-electron chi connectivity index (χ2n) is 6.61. The maximum absolute atomic E-state index is 13.5. The van der Waals surface area contributed by atoms with E-state index in [9.17, 15) is 9.50 Å². The molecule has 5 nitrogen and oxygen atoms in total. The van der Waals surface area contributed by atoms with Gasteiger partial charge >= 0.3 is 0 Å². The maximum Gasteiger partial charge on any atom is 0.224 e. The number of nitrogens with zero attached hydrogens (tertiary/aromatic N) is 3. The lowest BCUT2D eigenvalue weighted by Gasteiger charge is -2.23. The number of hydrogen-bond donors (Lipinski definition) is 2. The molecule has 3 heterocycles. The van der Waals surface area contributed by atoms with Crippen LogP contribution in [0.4, 0.5) is 10.3 Å². The third-order valence-electron chi connectivity index (χ3n) is 4.76. The molecule has 2 atom stereocenters. The SMILES string of the molecule is CC(Nc1nc(C(O)N2CCCC2)c2sccc2n1)c1cccc(F)c1. The monoisotopic (exact) mass is 372 g/mol. The first-order chi connectivity index (χ1) is 12.6. The summed E-state index contributed by atoms with van der Waals surface area (Å²) in [6, 6.07) is 8.26. The Morgan fingerprint density at radius 3 is 2.81 bits per heavy atom. The van der Waals surface area contributed by atoms with Crippen molar-refractivity contribution in [2.24, 2.45) is 0 Å². The average molecular weight is 372 g/mol. The number of anilines is 1. The van der Waals surface area contributed by atoms with E-state index in [1.807, 2.05) is 29.3 Å². The molecule has 0 radical (unpaired) electrons. The molecule has 1 fully saturated rings. The van der Waals surface area contributed by atoms with Crippen molar-refractivity contribution in [1.82, 2.24) is 14.9 Å². The molecule has 0 amide bonds. The summed E-state index contributed by atoms with van der Waals surface area (Å²) in [5.74, 6) is 0.177. The number of likely N-dealkylation sites (tertiary alicyclic amines) is 1. The predicted octanol–water partition coefficient (Wildman–Crippen LogP) is 4.09. The molecule has 1 saturated heterocycles. The Hall–Kier alpha value is -2.09. The number of fused-ring (bicyclic) bond motifs is 1. The summed E-state index contributed by atoms with van der Waals surface area (Å²) < 4.78 is 14.4. The van der Waals surface area contributed by atoms with E-state index in [1.54, 1.807) is 6.07 Å². The van der Waals surface area contributed by atoms with Crippen LogP contribution in [-0.4, -0.2) is 33.1 Å². The molecule has 2 aromatic heterocycles. The number of aliphatic hydroxyl groups excluding tert-OH is 1. The second-order valence-corrected chi connectivity index (χ2v) is 7.52. The van der Waals surface area contributed by atoms with Gasteiger partial charge in [0.25, 0.3) is 0 Å². The maximum atomic E-state index is 13.5. The van der Waals surface area contributed by atoms with E-state index >= 15 is 0 Å². The molecule has 136 valence electrons. The molecule has 7 heteroatoms. The summed E-state index contributed by atoms with van der Waals surface area (Å²) in [4.78, 5) is 11.2. The minimum absolute atomic E-state index is 0.154. The van der Waals surface area contributed by atoms with Crippen molar-refractivity contribution >= 4 is 27.5 Å². The second kappa shape index (κ2) is 7.26. The number of thiophene rings is 1. The fourth-order valence-electron chi connectivity index (χ4n) is 3.34. The number of rotatable bonds is 5. The van der Waals surface area contributed by atoms with Gasteiger partial charge in [0.2, 0.25) is 5.95 Å². The number of hydrogen-bond acceptors (Lipinski definition) is 6. The van der Waals surface area contributed by atoms with Gasteiger partial charge in [0, 0.05) is 13.1 Å². The van der Waals surface area contributed by atoms with E-state index in [2.05, 4.69) is 15.3 Å². The first-order valence-corrected chi connectivity index (χ1v) is 9.69. The first kappa shape index (κ1) is 17.3. The van der Waals surface area contributed by atoms with Crippen molar-refractivity contribution < 1.29 is 9.50 Å². The summed E-state index contributed by atoms with van der Waals surface area (Å²) >= 11 is 1.54. The number of aliphatic hydroxyl groups is 1. The molecular weight excluding hydrogens is 351 g/mol. The Morgan fingerprint density at radius 2 is 2.04 bits per heavy atom. The zero-order valence-corrected chi connectivity index (χ0v) is 15.3. The molecule has 0 bridgehead atoms. The van der Waals surface area contributed by atoms with Crippen LogP contribution in [0.2, 0.25) is 0 Å². The van der Waals surface area contributed by atoms with Gasteiger partial charge in [0.15, 0.2) is 6.23 Å². The largest absolute Gasteiger partial charge is 0.372 e. The molecule has 1 aromatic carbocycles. The summed E-state index contributed by atoms with van der Waals surface area (Å²) in [6.07, 6.45) is 1.46. The molecule has 0 spiro atoms. The zero-order chi connectivity index (χ0) is 18.1. The summed E-state index contributed by atoms with van der Waals surface area (Å²) in [6.45, 7) is 3.69. The summed E-state index contributed by atoms with van der Waals surface area (Å²) in [5.41, 5.74) is 2.27. The molecule has 3 aromatic rings. The Balaban J connectivity index is 1.65. The van der Waals surface area contributed by atoms with E-state index in [-0.39, 0.29) is 11.9 Å². The van der Waals surface area contributed by atoms with Crippen LogP contribution in [0.5, 0.6) is 0 Å². The Kier molecular flexibility index (Phi) is 4.84. The lowest BCUT2D eigenvalue weighted by atomic mass is 10.1. The zero-order valence-electron chi connectivity index (χ0n) is 14.5. The van der Waals surface area contributed by atoms with Gasteiger partial charge in [0.05, 0.1) is 16.3 Å².